The Morgan fingerprint density at radius 1 is 1.50 bits per heavy atom. The van der Waals surface area contributed by atoms with Crippen LogP contribution in [0.4, 0.5) is 10.5 Å². The summed E-state index contributed by atoms with van der Waals surface area (Å²) >= 11 is 8.14. The number of rotatable bonds is 2. The van der Waals surface area contributed by atoms with Gasteiger partial charge in [0.2, 0.25) is 0 Å². The molecule has 0 saturated carbocycles. The number of carboxylic acids is 1. The summed E-state index contributed by atoms with van der Waals surface area (Å²) in [6.07, 6.45) is 0. The largest absolute Gasteiger partial charge is 0.480 e. The molecule has 1 atom stereocenters. The van der Waals surface area contributed by atoms with Crippen molar-refractivity contribution in [2.75, 3.05) is 25.1 Å². The number of hydrogen-bond donors (Lipinski definition) is 2. The van der Waals surface area contributed by atoms with Gasteiger partial charge >= 0.3 is 12.0 Å². The highest BCUT2D eigenvalue weighted by molar-refractivity contribution is 14.1. The maximum absolute atomic E-state index is 12.2. The molecule has 0 radical (unpaired) electrons. The number of nitrogens with one attached hydrogen (secondary N) is 1. The van der Waals surface area contributed by atoms with E-state index in [9.17, 15) is 9.59 Å². The SMILES string of the molecule is O=C(O)C1COCCN1C(=O)Nc1ccc(I)cc1Cl. The topological polar surface area (TPSA) is 78.9 Å². The van der Waals surface area contributed by atoms with Gasteiger partial charge in [-0.15, -0.1) is 0 Å². The van der Waals surface area contributed by atoms with E-state index in [1.54, 1.807) is 18.2 Å². The summed E-state index contributed by atoms with van der Waals surface area (Å²) in [7, 11) is 0. The summed E-state index contributed by atoms with van der Waals surface area (Å²) in [5.41, 5.74) is 0.452. The molecule has 2 rings (SSSR count). The maximum Gasteiger partial charge on any atom is 0.328 e. The average molecular weight is 411 g/mol. The summed E-state index contributed by atoms with van der Waals surface area (Å²) < 4.78 is 6.03. The lowest BCUT2D eigenvalue weighted by Crippen LogP contribution is -2.53. The van der Waals surface area contributed by atoms with E-state index >= 15 is 0 Å². The molecule has 1 aromatic carbocycles. The predicted molar refractivity (Wildman–Crippen MR) is 82.1 cm³/mol. The second-order valence-electron chi connectivity index (χ2n) is 4.18. The van der Waals surface area contributed by atoms with Gasteiger partial charge in [0.05, 0.1) is 23.9 Å². The van der Waals surface area contributed by atoms with E-state index in [4.69, 9.17) is 21.4 Å². The normalized spacial score (nSPS) is 18.7. The molecule has 1 saturated heterocycles. The molecule has 108 valence electrons. The molecule has 6 nitrogen and oxygen atoms in total. The molecule has 8 heteroatoms. The van der Waals surface area contributed by atoms with Crippen LogP contribution in [0.2, 0.25) is 5.02 Å². The van der Waals surface area contributed by atoms with E-state index in [2.05, 4.69) is 27.9 Å². The quantitative estimate of drug-likeness (QED) is 0.733. The van der Waals surface area contributed by atoms with Crippen molar-refractivity contribution in [1.29, 1.82) is 0 Å². The Labute approximate surface area is 134 Å². The number of benzene rings is 1. The fourth-order valence-electron chi connectivity index (χ4n) is 1.83. The van der Waals surface area contributed by atoms with E-state index in [-0.39, 0.29) is 13.2 Å². The maximum atomic E-state index is 12.2. The van der Waals surface area contributed by atoms with E-state index in [1.807, 2.05) is 0 Å². The second-order valence-corrected chi connectivity index (χ2v) is 5.83. The first-order valence-corrected chi connectivity index (χ1v) is 7.28. The molecule has 1 heterocycles. The average Bonchev–Trinajstić information content (AvgIpc) is 2.41. The van der Waals surface area contributed by atoms with Crippen molar-refractivity contribution in [2.24, 2.45) is 0 Å². The van der Waals surface area contributed by atoms with Crippen molar-refractivity contribution >= 4 is 51.9 Å². The van der Waals surface area contributed by atoms with Crippen LogP contribution in [0.5, 0.6) is 0 Å². The summed E-state index contributed by atoms with van der Waals surface area (Å²) in [6.45, 7) is 0.533. The minimum Gasteiger partial charge on any atom is -0.480 e. The monoisotopic (exact) mass is 410 g/mol. The van der Waals surface area contributed by atoms with Gasteiger partial charge in [-0.05, 0) is 40.8 Å². The number of aliphatic carboxylic acids is 1. The van der Waals surface area contributed by atoms with E-state index < -0.39 is 18.0 Å². The number of anilines is 1. The molecule has 0 aliphatic carbocycles. The van der Waals surface area contributed by atoms with Crippen molar-refractivity contribution in [2.45, 2.75) is 6.04 Å². The highest BCUT2D eigenvalue weighted by Gasteiger charge is 2.32. The zero-order valence-electron chi connectivity index (χ0n) is 10.3. The molecule has 1 aliphatic rings. The smallest absolute Gasteiger partial charge is 0.328 e. The van der Waals surface area contributed by atoms with Crippen LogP contribution >= 0.6 is 34.2 Å². The predicted octanol–water partition coefficient (Wildman–Crippen LogP) is 2.26. The molecule has 1 fully saturated rings. The summed E-state index contributed by atoms with van der Waals surface area (Å²) in [5.74, 6) is -1.09. The van der Waals surface area contributed by atoms with Crippen LogP contribution in [0.3, 0.4) is 0 Å². The van der Waals surface area contributed by atoms with Gasteiger partial charge in [-0.3, -0.25) is 0 Å². The number of carbonyl (C=O) groups is 2. The fraction of sp³-hybridized carbons (Fsp3) is 0.333. The van der Waals surface area contributed by atoms with Crippen molar-refractivity contribution in [3.8, 4) is 0 Å². The molecule has 2 amide bonds. The number of halogens is 2. The van der Waals surface area contributed by atoms with Gasteiger partial charge in [0.15, 0.2) is 6.04 Å². The Bertz CT molecular complexity index is 540. The highest BCUT2D eigenvalue weighted by atomic mass is 127. The Hall–Kier alpha value is -1.06. The number of nitrogens with zero attached hydrogens (tertiary/aromatic N) is 1. The van der Waals surface area contributed by atoms with Crippen LogP contribution in [0.15, 0.2) is 18.2 Å². The first kappa shape index (κ1) is 15.3. The Morgan fingerprint density at radius 3 is 2.90 bits per heavy atom. The summed E-state index contributed by atoms with van der Waals surface area (Å²) in [4.78, 5) is 24.5. The number of carboxylic acid groups (broad SMARTS) is 1. The summed E-state index contributed by atoms with van der Waals surface area (Å²) in [5, 5.41) is 12.1. The molecule has 1 aromatic rings. The molecule has 20 heavy (non-hydrogen) atoms. The van der Waals surface area contributed by atoms with Gasteiger partial charge in [0, 0.05) is 10.1 Å². The standard InChI is InChI=1S/C12H12ClIN2O4/c13-8-5-7(14)1-2-9(8)15-12(19)16-3-4-20-6-10(16)11(17)18/h1-2,5,10H,3-4,6H2,(H,15,19)(H,17,18). The third-order valence-electron chi connectivity index (χ3n) is 2.85. The molecule has 0 aromatic heterocycles. The van der Waals surface area contributed by atoms with Gasteiger partial charge in [-0.2, -0.15) is 0 Å². The van der Waals surface area contributed by atoms with Crippen molar-refractivity contribution in [1.82, 2.24) is 4.90 Å². The van der Waals surface area contributed by atoms with Crippen LogP contribution in [0.25, 0.3) is 0 Å². The molecule has 0 spiro atoms. The summed E-state index contributed by atoms with van der Waals surface area (Å²) in [6, 6.07) is 3.72. The molecule has 0 bridgehead atoms. The number of carbonyl (C=O) groups excluding carboxylic acids is 1. The Kier molecular flexibility index (Phi) is 5.06. The van der Waals surface area contributed by atoms with Crippen molar-refractivity contribution < 1.29 is 19.4 Å². The van der Waals surface area contributed by atoms with Crippen LogP contribution in [0, 0.1) is 3.57 Å². The first-order valence-electron chi connectivity index (χ1n) is 5.82. The molecule has 1 unspecified atom stereocenters. The molecular formula is C12H12ClIN2O4. The lowest BCUT2D eigenvalue weighted by molar-refractivity contribution is -0.147. The number of urea groups is 1. The third-order valence-corrected chi connectivity index (χ3v) is 3.83. The molecule has 2 N–H and O–H groups in total. The third kappa shape index (κ3) is 3.53. The number of ether oxygens (including phenoxy) is 1. The minimum absolute atomic E-state index is 0.0107. The molecular weight excluding hydrogens is 398 g/mol. The van der Waals surface area contributed by atoms with Gasteiger partial charge in [-0.25, -0.2) is 9.59 Å². The zero-order chi connectivity index (χ0) is 14.7. The highest BCUT2D eigenvalue weighted by Crippen LogP contribution is 2.24. The fourth-order valence-corrected chi connectivity index (χ4v) is 2.73. The first-order chi connectivity index (χ1) is 9.49. The lowest BCUT2D eigenvalue weighted by atomic mass is 10.2. The van der Waals surface area contributed by atoms with Crippen molar-refractivity contribution in [3.05, 3.63) is 26.8 Å². The Morgan fingerprint density at radius 2 is 2.25 bits per heavy atom. The van der Waals surface area contributed by atoms with Gasteiger partial charge in [-0.1, -0.05) is 11.6 Å². The van der Waals surface area contributed by atoms with Gasteiger partial charge in [0.1, 0.15) is 0 Å². The Balaban J connectivity index is 2.12. The van der Waals surface area contributed by atoms with E-state index in [1.165, 1.54) is 4.90 Å². The van der Waals surface area contributed by atoms with E-state index in [0.29, 0.717) is 17.3 Å². The van der Waals surface area contributed by atoms with Gasteiger partial charge < -0.3 is 20.1 Å². The van der Waals surface area contributed by atoms with Crippen molar-refractivity contribution in [3.63, 3.8) is 0 Å². The molecule has 1 aliphatic heterocycles. The van der Waals surface area contributed by atoms with Crippen LogP contribution in [-0.4, -0.2) is 47.8 Å². The number of amides is 2. The van der Waals surface area contributed by atoms with Crippen LogP contribution < -0.4 is 5.32 Å². The van der Waals surface area contributed by atoms with E-state index in [0.717, 1.165) is 3.57 Å². The zero-order valence-corrected chi connectivity index (χ0v) is 13.2. The van der Waals surface area contributed by atoms with Crippen LogP contribution in [0.1, 0.15) is 0 Å². The number of hydrogen-bond acceptors (Lipinski definition) is 3. The minimum atomic E-state index is -1.09. The van der Waals surface area contributed by atoms with Crippen LogP contribution in [-0.2, 0) is 9.53 Å². The van der Waals surface area contributed by atoms with Gasteiger partial charge in [0.25, 0.3) is 0 Å². The lowest BCUT2D eigenvalue weighted by Gasteiger charge is -2.32. The second kappa shape index (κ2) is 6.59. The number of morpholine rings is 1.